The number of aromatic nitrogens is 1. The highest BCUT2D eigenvalue weighted by molar-refractivity contribution is 6.24. The van der Waals surface area contributed by atoms with Gasteiger partial charge in [0.25, 0.3) is 0 Å². The van der Waals surface area contributed by atoms with Crippen LogP contribution >= 0.6 is 0 Å². The molecule has 266 valence electrons. The van der Waals surface area contributed by atoms with Crippen molar-refractivity contribution in [2.24, 2.45) is 0 Å². The fourth-order valence-corrected chi connectivity index (χ4v) is 9.00. The van der Waals surface area contributed by atoms with Gasteiger partial charge in [-0.05, 0) is 101 Å². The maximum Gasteiger partial charge on any atom is 0.0547 e. The lowest BCUT2D eigenvalue weighted by atomic mass is 9.84. The van der Waals surface area contributed by atoms with Crippen LogP contribution in [0.2, 0.25) is 0 Å². The zero-order valence-electron chi connectivity index (χ0n) is 31.3. The molecule has 0 aliphatic heterocycles. The molecule has 0 spiro atoms. The third-order valence-electron chi connectivity index (χ3n) is 11.6. The van der Waals surface area contributed by atoms with Gasteiger partial charge < -0.3 is 4.57 Å². The quantitative estimate of drug-likeness (QED) is 0.119. The van der Waals surface area contributed by atoms with Gasteiger partial charge in [-0.15, -0.1) is 0 Å². The summed E-state index contributed by atoms with van der Waals surface area (Å²) in [5, 5.41) is 10.0. The molecule has 0 aliphatic carbocycles. The van der Waals surface area contributed by atoms with Crippen LogP contribution in [0.1, 0.15) is 11.1 Å². The first-order chi connectivity index (χ1) is 28.3. The Balaban J connectivity index is 1.08. The molecule has 0 radical (unpaired) electrons. The molecule has 1 heteroatoms. The highest BCUT2D eigenvalue weighted by Gasteiger charge is 2.20. The fraction of sp³-hybridized carbons (Fsp3) is 0. The Morgan fingerprint density at radius 2 is 0.807 bits per heavy atom. The van der Waals surface area contributed by atoms with E-state index in [1.54, 1.807) is 0 Å². The summed E-state index contributed by atoms with van der Waals surface area (Å²) in [5.41, 5.74) is 13.4. The minimum absolute atomic E-state index is 1.16. The van der Waals surface area contributed by atoms with E-state index in [-0.39, 0.29) is 0 Å². The van der Waals surface area contributed by atoms with Crippen molar-refractivity contribution in [2.75, 3.05) is 0 Å². The van der Waals surface area contributed by atoms with Gasteiger partial charge in [0.1, 0.15) is 0 Å². The Kier molecular flexibility index (Phi) is 7.89. The van der Waals surface area contributed by atoms with Gasteiger partial charge in [0.2, 0.25) is 0 Å². The molecule has 1 aromatic heterocycles. The van der Waals surface area contributed by atoms with Gasteiger partial charge in [0.15, 0.2) is 0 Å². The van der Waals surface area contributed by atoms with Crippen molar-refractivity contribution < 1.29 is 0 Å². The van der Waals surface area contributed by atoms with Crippen molar-refractivity contribution >= 4 is 66.3 Å². The van der Waals surface area contributed by atoms with Gasteiger partial charge in [-0.3, -0.25) is 0 Å². The summed E-state index contributed by atoms with van der Waals surface area (Å²) in [5.74, 6) is 0. The van der Waals surface area contributed by atoms with Crippen LogP contribution < -0.4 is 0 Å². The molecule has 0 bridgehead atoms. The van der Waals surface area contributed by atoms with Crippen LogP contribution in [0.25, 0.3) is 105 Å². The molecule has 57 heavy (non-hydrogen) atoms. The maximum absolute atomic E-state index is 2.41. The summed E-state index contributed by atoms with van der Waals surface area (Å²) in [4.78, 5) is 0. The van der Waals surface area contributed by atoms with Gasteiger partial charge in [0.05, 0.1) is 11.0 Å². The lowest BCUT2D eigenvalue weighted by molar-refractivity contribution is 1.18. The lowest BCUT2D eigenvalue weighted by Gasteiger charge is -2.19. The van der Waals surface area contributed by atoms with Crippen molar-refractivity contribution in [3.05, 3.63) is 223 Å². The Labute approximate surface area is 332 Å². The van der Waals surface area contributed by atoms with E-state index in [4.69, 9.17) is 0 Å². The molecule has 11 rings (SSSR count). The Morgan fingerprint density at radius 1 is 0.298 bits per heavy atom. The molecule has 0 N–H and O–H groups in total. The highest BCUT2D eigenvalue weighted by Crippen LogP contribution is 2.46. The van der Waals surface area contributed by atoms with Crippen molar-refractivity contribution in [1.82, 2.24) is 4.57 Å². The van der Waals surface area contributed by atoms with Crippen LogP contribution in [0.15, 0.2) is 212 Å². The van der Waals surface area contributed by atoms with Gasteiger partial charge in [-0.1, -0.05) is 200 Å². The molecule has 1 heterocycles. The number of rotatable bonds is 6. The molecular formula is C56H37N. The third-order valence-corrected chi connectivity index (χ3v) is 11.6. The lowest BCUT2D eigenvalue weighted by Crippen LogP contribution is -1.94. The monoisotopic (exact) mass is 723 g/mol. The summed E-state index contributed by atoms with van der Waals surface area (Å²) in [7, 11) is 0. The molecule has 0 atom stereocenters. The zero-order chi connectivity index (χ0) is 37.7. The first-order valence-electron chi connectivity index (χ1n) is 19.7. The molecule has 1 nitrogen and oxygen atoms in total. The summed E-state index contributed by atoms with van der Waals surface area (Å²) in [6, 6.07) is 77.3. The van der Waals surface area contributed by atoms with Gasteiger partial charge >= 0.3 is 0 Å². The normalized spacial score (nSPS) is 11.8. The summed E-state index contributed by atoms with van der Waals surface area (Å²) >= 11 is 0. The van der Waals surface area contributed by atoms with Crippen molar-refractivity contribution in [3.8, 4) is 39.1 Å². The first kappa shape index (κ1) is 32.9. The number of benzene rings is 10. The Hall–Kier alpha value is -7.48. The van der Waals surface area contributed by atoms with E-state index >= 15 is 0 Å². The third kappa shape index (κ3) is 5.55. The van der Waals surface area contributed by atoms with Gasteiger partial charge in [0, 0.05) is 16.5 Å². The highest BCUT2D eigenvalue weighted by atomic mass is 15.0. The second-order valence-electron chi connectivity index (χ2n) is 14.8. The largest absolute Gasteiger partial charge is 0.309 e. The minimum Gasteiger partial charge on any atom is -0.309 e. The predicted octanol–water partition coefficient (Wildman–Crippen LogP) is 15.4. The van der Waals surface area contributed by atoms with E-state index in [1.165, 1.54) is 98.6 Å². The van der Waals surface area contributed by atoms with E-state index in [2.05, 4.69) is 229 Å². The van der Waals surface area contributed by atoms with Crippen LogP contribution in [-0.4, -0.2) is 4.57 Å². The predicted molar refractivity (Wildman–Crippen MR) is 245 cm³/mol. The first-order valence-corrected chi connectivity index (χ1v) is 19.7. The summed E-state index contributed by atoms with van der Waals surface area (Å²) in [6.07, 6.45) is 4.48. The zero-order valence-corrected chi connectivity index (χ0v) is 31.3. The van der Waals surface area contributed by atoms with Crippen molar-refractivity contribution in [2.45, 2.75) is 0 Å². The summed E-state index contributed by atoms with van der Waals surface area (Å²) < 4.78 is 2.41. The standard InChI is InChI=1S/C56H37N/c1-3-15-39(16-4-1)40-30-27-38(28-31-40)29-32-41-33-36-52(45-20-8-7-19-44(41)45)56-50-24-11-9-22-48(50)55(49-23-10-12-25-51(49)56)42-34-35-47-46-21-13-14-26-53(46)57(54(47)37-42)43-17-5-2-6-18-43/h1-37H/b32-29+. The van der Waals surface area contributed by atoms with E-state index in [1.807, 2.05) is 0 Å². The van der Waals surface area contributed by atoms with E-state index in [0.717, 1.165) is 5.69 Å². The molecule has 0 amide bonds. The topological polar surface area (TPSA) is 4.93 Å². The number of para-hydroxylation sites is 2. The van der Waals surface area contributed by atoms with Gasteiger partial charge in [-0.2, -0.15) is 0 Å². The van der Waals surface area contributed by atoms with Crippen LogP contribution in [0.4, 0.5) is 0 Å². The number of fused-ring (bicyclic) bond motifs is 6. The van der Waals surface area contributed by atoms with Gasteiger partial charge in [-0.25, -0.2) is 0 Å². The van der Waals surface area contributed by atoms with E-state index in [0.29, 0.717) is 0 Å². The SMILES string of the molecule is C(=C\c1ccc(-c2c3ccccc3c(-c3ccc4c5ccccc5n(-c5ccccc5)c4c3)c3ccccc23)c2ccccc12)/c1ccc(-c2ccccc2)cc1. The molecule has 11 aromatic rings. The van der Waals surface area contributed by atoms with E-state index in [9.17, 15) is 0 Å². The van der Waals surface area contributed by atoms with Crippen LogP contribution in [0, 0.1) is 0 Å². The molecular weight excluding hydrogens is 687 g/mol. The van der Waals surface area contributed by atoms with Crippen molar-refractivity contribution in [1.29, 1.82) is 0 Å². The van der Waals surface area contributed by atoms with E-state index < -0.39 is 0 Å². The molecule has 0 unspecified atom stereocenters. The van der Waals surface area contributed by atoms with Crippen molar-refractivity contribution in [3.63, 3.8) is 0 Å². The number of nitrogens with zero attached hydrogens (tertiary/aromatic N) is 1. The average molecular weight is 724 g/mol. The summed E-state index contributed by atoms with van der Waals surface area (Å²) in [6.45, 7) is 0. The Bertz CT molecular complexity index is 3260. The molecule has 0 aliphatic rings. The minimum atomic E-state index is 1.16. The fourth-order valence-electron chi connectivity index (χ4n) is 9.00. The molecule has 0 fully saturated rings. The number of hydrogen-bond donors (Lipinski definition) is 0. The maximum atomic E-state index is 2.41. The van der Waals surface area contributed by atoms with Crippen LogP contribution in [0.3, 0.4) is 0 Å². The molecule has 0 saturated carbocycles. The Morgan fingerprint density at radius 3 is 1.49 bits per heavy atom. The number of hydrogen-bond acceptors (Lipinski definition) is 0. The van der Waals surface area contributed by atoms with Crippen LogP contribution in [-0.2, 0) is 0 Å². The average Bonchev–Trinajstić information content (AvgIpc) is 3.62. The van der Waals surface area contributed by atoms with Crippen LogP contribution in [0.5, 0.6) is 0 Å². The second kappa shape index (κ2) is 13.7. The second-order valence-corrected chi connectivity index (χ2v) is 14.8. The smallest absolute Gasteiger partial charge is 0.0547 e. The molecule has 10 aromatic carbocycles. The molecule has 0 saturated heterocycles.